The molecule has 1 aromatic carbocycles. The van der Waals surface area contributed by atoms with Crippen molar-refractivity contribution in [2.24, 2.45) is 17.8 Å². The first-order chi connectivity index (χ1) is 16.4. The van der Waals surface area contributed by atoms with Crippen LogP contribution in [0.1, 0.15) is 54.6 Å². The van der Waals surface area contributed by atoms with Crippen molar-refractivity contribution in [1.82, 2.24) is 19.6 Å². The Morgan fingerprint density at radius 1 is 1.03 bits per heavy atom. The lowest BCUT2D eigenvalue weighted by atomic mass is 9.53. The molecule has 5 aliphatic rings. The minimum atomic E-state index is -0.456. The van der Waals surface area contributed by atoms with Crippen LogP contribution in [-0.4, -0.2) is 56.6 Å². The highest BCUT2D eigenvalue weighted by atomic mass is 19.1. The van der Waals surface area contributed by atoms with Crippen LogP contribution < -0.4 is 0 Å². The average Bonchev–Trinajstić information content (AvgIpc) is 3.27. The van der Waals surface area contributed by atoms with E-state index in [1.54, 1.807) is 17.0 Å². The van der Waals surface area contributed by atoms with Crippen LogP contribution in [0.15, 0.2) is 30.5 Å². The van der Waals surface area contributed by atoms with Gasteiger partial charge in [-0.3, -0.25) is 24.5 Å². The molecule has 8 nitrogen and oxygen atoms in total. The Morgan fingerprint density at radius 3 is 2.18 bits per heavy atom. The van der Waals surface area contributed by atoms with E-state index in [4.69, 9.17) is 0 Å². The van der Waals surface area contributed by atoms with E-state index in [9.17, 15) is 19.3 Å². The number of nitrogens with zero attached hydrogens (tertiary/aromatic N) is 5. The molecule has 4 bridgehead atoms. The van der Waals surface area contributed by atoms with Crippen LogP contribution in [0.3, 0.4) is 0 Å². The number of hydrogen-bond donors (Lipinski definition) is 0. The van der Waals surface area contributed by atoms with Crippen LogP contribution in [0.25, 0.3) is 0 Å². The highest BCUT2D eigenvalue weighted by molar-refractivity contribution is 5.96. The molecular formula is C25H30FN5O3. The maximum absolute atomic E-state index is 13.4. The Labute approximate surface area is 197 Å². The summed E-state index contributed by atoms with van der Waals surface area (Å²) < 4.78 is 15.0. The molecule has 0 spiro atoms. The van der Waals surface area contributed by atoms with Gasteiger partial charge in [0.25, 0.3) is 5.91 Å². The number of benzene rings is 1. The summed E-state index contributed by atoms with van der Waals surface area (Å²) in [6.07, 6.45) is 8.42. The molecule has 1 aliphatic heterocycles. The fourth-order valence-corrected chi connectivity index (χ4v) is 7.35. The van der Waals surface area contributed by atoms with Crippen molar-refractivity contribution in [3.63, 3.8) is 0 Å². The van der Waals surface area contributed by atoms with E-state index < -0.39 is 4.92 Å². The monoisotopic (exact) mass is 467 g/mol. The van der Waals surface area contributed by atoms with Crippen molar-refractivity contribution in [2.75, 3.05) is 26.2 Å². The van der Waals surface area contributed by atoms with Crippen molar-refractivity contribution in [1.29, 1.82) is 0 Å². The van der Waals surface area contributed by atoms with Gasteiger partial charge in [-0.1, -0.05) is 12.1 Å². The minimum absolute atomic E-state index is 0.0206. The number of halogens is 1. The molecule has 0 radical (unpaired) electrons. The summed E-state index contributed by atoms with van der Waals surface area (Å²) in [7, 11) is 0. The molecule has 7 rings (SSSR count). The lowest BCUT2D eigenvalue weighted by molar-refractivity contribution is -0.385. The third-order valence-corrected chi connectivity index (χ3v) is 8.57. The molecule has 2 heterocycles. The molecule has 2 aromatic rings. The van der Waals surface area contributed by atoms with Crippen LogP contribution in [0.5, 0.6) is 0 Å². The molecule has 34 heavy (non-hydrogen) atoms. The molecule has 4 saturated carbocycles. The molecule has 5 fully saturated rings. The summed E-state index contributed by atoms with van der Waals surface area (Å²) in [5.74, 6) is 1.44. The summed E-state index contributed by atoms with van der Waals surface area (Å²) in [6, 6.07) is 6.45. The number of rotatable bonds is 5. The zero-order valence-corrected chi connectivity index (χ0v) is 19.2. The number of aromatic nitrogens is 2. The molecular weight excluding hydrogens is 437 g/mol. The van der Waals surface area contributed by atoms with Crippen LogP contribution in [0.2, 0.25) is 0 Å². The third kappa shape index (κ3) is 3.79. The first kappa shape index (κ1) is 21.7. The standard InChI is InChI=1S/C25H30FN5O3/c26-21-3-1-17(2-4-21)15-28-5-7-29(8-6-28)24(32)23-22(31(33)34)16-30(27-23)25-12-18-9-19(13-25)11-20(10-18)14-25/h1-4,16,18-20H,5-15H2. The number of carbonyl (C=O) groups excluding carboxylic acids is 1. The van der Waals surface area contributed by atoms with E-state index in [-0.39, 0.29) is 28.6 Å². The van der Waals surface area contributed by atoms with Crippen molar-refractivity contribution in [3.8, 4) is 0 Å². The van der Waals surface area contributed by atoms with Crippen LogP contribution in [0, 0.1) is 33.7 Å². The zero-order chi connectivity index (χ0) is 23.4. The lowest BCUT2D eigenvalue weighted by Gasteiger charge is -2.56. The van der Waals surface area contributed by atoms with Gasteiger partial charge in [-0.05, 0) is 74.0 Å². The lowest BCUT2D eigenvalue weighted by Crippen LogP contribution is -2.52. The van der Waals surface area contributed by atoms with Gasteiger partial charge in [0.15, 0.2) is 0 Å². The first-order valence-corrected chi connectivity index (χ1v) is 12.4. The Hall–Kier alpha value is -2.81. The smallest absolute Gasteiger partial charge is 0.320 e. The molecule has 1 saturated heterocycles. The maximum Gasteiger partial charge on any atom is 0.320 e. The van der Waals surface area contributed by atoms with Crippen LogP contribution in [-0.2, 0) is 12.1 Å². The van der Waals surface area contributed by atoms with E-state index in [1.165, 1.54) is 37.6 Å². The summed E-state index contributed by atoms with van der Waals surface area (Å²) in [5, 5.41) is 16.5. The fourth-order valence-electron chi connectivity index (χ4n) is 7.35. The first-order valence-electron chi connectivity index (χ1n) is 12.4. The topological polar surface area (TPSA) is 84.5 Å². The molecule has 1 amide bonds. The van der Waals surface area contributed by atoms with Crippen molar-refractivity contribution in [3.05, 3.63) is 57.7 Å². The van der Waals surface area contributed by atoms with Gasteiger partial charge in [0.2, 0.25) is 5.69 Å². The van der Waals surface area contributed by atoms with E-state index in [1.807, 2.05) is 4.68 Å². The minimum Gasteiger partial charge on any atom is -0.334 e. The van der Waals surface area contributed by atoms with Gasteiger partial charge in [0, 0.05) is 32.7 Å². The number of piperazine rings is 1. The Kier molecular flexibility index (Phi) is 5.20. The number of carbonyl (C=O) groups is 1. The van der Waals surface area contributed by atoms with E-state index in [0.717, 1.165) is 24.8 Å². The number of hydrogen-bond acceptors (Lipinski definition) is 5. The second-order valence-corrected chi connectivity index (χ2v) is 10.9. The summed E-state index contributed by atoms with van der Waals surface area (Å²) in [6.45, 7) is 2.98. The fraction of sp³-hybridized carbons (Fsp3) is 0.600. The van der Waals surface area contributed by atoms with Gasteiger partial charge >= 0.3 is 5.69 Å². The van der Waals surface area contributed by atoms with Gasteiger partial charge < -0.3 is 4.90 Å². The zero-order valence-electron chi connectivity index (χ0n) is 19.2. The molecule has 0 atom stereocenters. The third-order valence-electron chi connectivity index (χ3n) is 8.57. The predicted octanol–water partition coefficient (Wildman–Crippen LogP) is 3.81. The van der Waals surface area contributed by atoms with Crippen LogP contribution >= 0.6 is 0 Å². The quantitative estimate of drug-likeness (QED) is 0.493. The molecule has 180 valence electrons. The predicted molar refractivity (Wildman–Crippen MR) is 123 cm³/mol. The summed E-state index contributed by atoms with van der Waals surface area (Å²) >= 11 is 0. The van der Waals surface area contributed by atoms with Crippen molar-refractivity contribution < 1.29 is 14.1 Å². The van der Waals surface area contributed by atoms with E-state index in [0.29, 0.717) is 50.5 Å². The normalized spacial score (nSPS) is 30.6. The largest absolute Gasteiger partial charge is 0.334 e. The van der Waals surface area contributed by atoms with E-state index >= 15 is 0 Å². The molecule has 4 aliphatic carbocycles. The molecule has 1 aromatic heterocycles. The Morgan fingerprint density at radius 2 is 1.62 bits per heavy atom. The van der Waals surface area contributed by atoms with Crippen molar-refractivity contribution >= 4 is 11.6 Å². The van der Waals surface area contributed by atoms with Gasteiger partial charge in [-0.15, -0.1) is 0 Å². The van der Waals surface area contributed by atoms with Gasteiger partial charge in [-0.25, -0.2) is 4.39 Å². The Balaban J connectivity index is 1.18. The van der Waals surface area contributed by atoms with Gasteiger partial charge in [0.05, 0.1) is 10.5 Å². The highest BCUT2D eigenvalue weighted by Crippen LogP contribution is 2.58. The number of amides is 1. The van der Waals surface area contributed by atoms with Crippen molar-refractivity contribution in [2.45, 2.75) is 50.6 Å². The molecule has 0 unspecified atom stereocenters. The SMILES string of the molecule is O=C(c1nn(C23CC4CC(CC(C4)C2)C3)cc1[N+](=O)[O-])N1CCN(Cc2ccc(F)cc2)CC1. The second-order valence-electron chi connectivity index (χ2n) is 10.9. The second kappa shape index (κ2) is 8.15. The van der Waals surface area contributed by atoms with Gasteiger partial charge in [0.1, 0.15) is 12.0 Å². The number of nitro groups is 1. The summed E-state index contributed by atoms with van der Waals surface area (Å²) in [4.78, 5) is 28.7. The Bertz CT molecular complexity index is 1070. The van der Waals surface area contributed by atoms with Gasteiger partial charge in [-0.2, -0.15) is 5.10 Å². The molecule has 0 N–H and O–H groups in total. The van der Waals surface area contributed by atoms with E-state index in [2.05, 4.69) is 10.00 Å². The average molecular weight is 468 g/mol. The highest BCUT2D eigenvalue weighted by Gasteiger charge is 2.53. The summed E-state index contributed by atoms with van der Waals surface area (Å²) in [5.41, 5.74) is 0.666. The maximum atomic E-state index is 13.4. The van der Waals surface area contributed by atoms with Crippen LogP contribution in [0.4, 0.5) is 10.1 Å². The molecule has 9 heteroatoms.